The van der Waals surface area contributed by atoms with Crippen LogP contribution in [0.15, 0.2) is 40.5 Å². The summed E-state index contributed by atoms with van der Waals surface area (Å²) in [6.07, 6.45) is 2.24. The zero-order chi connectivity index (χ0) is 17.7. The van der Waals surface area contributed by atoms with E-state index in [-0.39, 0.29) is 11.5 Å². The van der Waals surface area contributed by atoms with Crippen molar-refractivity contribution in [2.75, 3.05) is 6.54 Å². The number of imidazole rings is 1. The van der Waals surface area contributed by atoms with E-state index in [0.29, 0.717) is 34.8 Å². The average molecular weight is 369 g/mol. The van der Waals surface area contributed by atoms with Crippen molar-refractivity contribution in [3.05, 3.63) is 64.1 Å². The quantitative estimate of drug-likeness (QED) is 0.587. The maximum Gasteiger partial charge on any atom is 0.285 e. The highest BCUT2D eigenvalue weighted by molar-refractivity contribution is 7.11. The number of nitrogens with zero attached hydrogens (tertiary/aromatic N) is 4. The van der Waals surface area contributed by atoms with E-state index in [1.54, 1.807) is 29.4 Å². The standard InChI is InChI=1S/C17H12FN5O2S/c18-10-3-1-2-9-6-12(25-15(9)10)14-13-11(19-7-20-13)4-5-23(14)17(24)16-22-21-8-26-16/h1-3,6-8,14H,4-5H2,(H,19,20)/t14-/m1/s1. The Kier molecular flexibility index (Phi) is 3.35. The maximum absolute atomic E-state index is 14.1. The minimum Gasteiger partial charge on any atom is -0.455 e. The van der Waals surface area contributed by atoms with Crippen molar-refractivity contribution in [2.24, 2.45) is 0 Å². The van der Waals surface area contributed by atoms with Gasteiger partial charge in [0.1, 0.15) is 17.3 Å². The van der Waals surface area contributed by atoms with Gasteiger partial charge >= 0.3 is 0 Å². The van der Waals surface area contributed by atoms with Gasteiger partial charge in [-0.2, -0.15) is 0 Å². The second-order valence-electron chi connectivity index (χ2n) is 5.97. The predicted octanol–water partition coefficient (Wildman–Crippen LogP) is 2.93. The number of H-pyrrole nitrogens is 1. The van der Waals surface area contributed by atoms with Crippen LogP contribution in [0.3, 0.4) is 0 Å². The highest BCUT2D eigenvalue weighted by atomic mass is 32.1. The number of nitrogens with one attached hydrogen (secondary N) is 1. The number of hydrogen-bond donors (Lipinski definition) is 1. The van der Waals surface area contributed by atoms with Crippen LogP contribution in [0.1, 0.15) is 33.0 Å². The second kappa shape index (κ2) is 5.73. The normalized spacial score (nSPS) is 16.8. The molecule has 0 radical (unpaired) electrons. The molecule has 4 aromatic rings. The number of carbonyl (C=O) groups is 1. The smallest absolute Gasteiger partial charge is 0.285 e. The van der Waals surface area contributed by atoms with E-state index in [2.05, 4.69) is 20.2 Å². The number of benzene rings is 1. The van der Waals surface area contributed by atoms with Crippen molar-refractivity contribution in [3.63, 3.8) is 0 Å². The number of carbonyl (C=O) groups excluding carboxylic acids is 1. The van der Waals surface area contributed by atoms with Gasteiger partial charge in [0.15, 0.2) is 11.4 Å². The lowest BCUT2D eigenvalue weighted by Gasteiger charge is -2.33. The molecule has 3 aromatic heterocycles. The molecule has 1 aromatic carbocycles. The third kappa shape index (κ3) is 2.24. The molecule has 0 unspecified atom stereocenters. The summed E-state index contributed by atoms with van der Waals surface area (Å²) in [5.41, 5.74) is 3.34. The number of aromatic amines is 1. The maximum atomic E-state index is 14.1. The lowest BCUT2D eigenvalue weighted by Crippen LogP contribution is -2.40. The molecule has 0 aliphatic carbocycles. The molecular weight excluding hydrogens is 357 g/mol. The minimum absolute atomic E-state index is 0.175. The van der Waals surface area contributed by atoms with Gasteiger partial charge < -0.3 is 14.3 Å². The molecule has 7 nitrogen and oxygen atoms in total. The lowest BCUT2D eigenvalue weighted by molar-refractivity contribution is 0.0671. The van der Waals surface area contributed by atoms with Crippen LogP contribution in [-0.4, -0.2) is 37.5 Å². The minimum atomic E-state index is -0.548. The van der Waals surface area contributed by atoms with Crippen molar-refractivity contribution in [2.45, 2.75) is 12.5 Å². The van der Waals surface area contributed by atoms with E-state index in [0.717, 1.165) is 5.69 Å². The average Bonchev–Trinajstić information content (AvgIpc) is 3.39. The molecule has 1 aliphatic heterocycles. The SMILES string of the molecule is O=C(c1nncs1)N1CCc2[nH]cnc2[C@H]1c1cc2cccc(F)c2o1. The van der Waals surface area contributed by atoms with Crippen LogP contribution in [0, 0.1) is 5.82 Å². The summed E-state index contributed by atoms with van der Waals surface area (Å²) in [5.74, 6) is -0.211. The van der Waals surface area contributed by atoms with E-state index in [1.165, 1.54) is 22.9 Å². The summed E-state index contributed by atoms with van der Waals surface area (Å²) in [6, 6.07) is 5.96. The molecule has 9 heteroatoms. The number of amides is 1. The summed E-state index contributed by atoms with van der Waals surface area (Å²) in [4.78, 5) is 22.1. The van der Waals surface area contributed by atoms with Gasteiger partial charge in [-0.3, -0.25) is 4.79 Å². The van der Waals surface area contributed by atoms with Crippen molar-refractivity contribution in [1.82, 2.24) is 25.1 Å². The zero-order valence-corrected chi connectivity index (χ0v) is 14.2. The highest BCUT2D eigenvalue weighted by Gasteiger charge is 2.37. The fourth-order valence-electron chi connectivity index (χ4n) is 3.35. The molecular formula is C17H12FN5O2S. The summed E-state index contributed by atoms with van der Waals surface area (Å²) < 4.78 is 19.9. The fourth-order valence-corrected chi connectivity index (χ4v) is 3.86. The number of para-hydroxylation sites is 1. The van der Waals surface area contributed by atoms with Crippen LogP contribution < -0.4 is 0 Å². The Morgan fingerprint density at radius 3 is 3.15 bits per heavy atom. The number of rotatable bonds is 2. The van der Waals surface area contributed by atoms with Crippen molar-refractivity contribution >= 4 is 28.2 Å². The van der Waals surface area contributed by atoms with Gasteiger partial charge in [-0.15, -0.1) is 10.2 Å². The van der Waals surface area contributed by atoms with E-state index in [9.17, 15) is 9.18 Å². The van der Waals surface area contributed by atoms with Crippen LogP contribution in [0.5, 0.6) is 0 Å². The van der Waals surface area contributed by atoms with E-state index >= 15 is 0 Å². The number of fused-ring (bicyclic) bond motifs is 2. The van der Waals surface area contributed by atoms with Crippen molar-refractivity contribution < 1.29 is 13.6 Å². The van der Waals surface area contributed by atoms with Gasteiger partial charge in [0, 0.05) is 24.0 Å². The molecule has 130 valence electrons. The number of aromatic nitrogens is 4. The Hall–Kier alpha value is -3.07. The molecule has 4 heterocycles. The van der Waals surface area contributed by atoms with Crippen LogP contribution in [0.2, 0.25) is 0 Å². The second-order valence-corrected chi connectivity index (χ2v) is 6.80. The molecule has 0 saturated carbocycles. The van der Waals surface area contributed by atoms with Gasteiger partial charge in [-0.25, -0.2) is 9.37 Å². The summed E-state index contributed by atoms with van der Waals surface area (Å²) in [5, 5.41) is 8.57. The third-order valence-electron chi connectivity index (χ3n) is 4.51. The first kappa shape index (κ1) is 15.2. The molecule has 0 spiro atoms. The molecule has 5 rings (SSSR count). The molecule has 0 fully saturated rings. The molecule has 1 aliphatic rings. The van der Waals surface area contributed by atoms with Crippen molar-refractivity contribution in [3.8, 4) is 0 Å². The molecule has 0 saturated heterocycles. The van der Waals surface area contributed by atoms with E-state index in [4.69, 9.17) is 4.42 Å². The number of furan rings is 1. The van der Waals surface area contributed by atoms with Gasteiger partial charge in [0.2, 0.25) is 5.01 Å². The summed E-state index contributed by atoms with van der Waals surface area (Å²) in [7, 11) is 0. The lowest BCUT2D eigenvalue weighted by atomic mass is 10.00. The topological polar surface area (TPSA) is 87.9 Å². The van der Waals surface area contributed by atoms with Gasteiger partial charge in [0.05, 0.1) is 12.0 Å². The predicted molar refractivity (Wildman–Crippen MR) is 91.3 cm³/mol. The number of halogens is 1. The monoisotopic (exact) mass is 369 g/mol. The first-order chi connectivity index (χ1) is 12.7. The molecule has 0 bridgehead atoms. The first-order valence-corrected chi connectivity index (χ1v) is 8.87. The number of hydrogen-bond acceptors (Lipinski definition) is 6. The Balaban J connectivity index is 1.66. The molecule has 26 heavy (non-hydrogen) atoms. The van der Waals surface area contributed by atoms with Gasteiger partial charge in [-0.05, 0) is 12.1 Å². The van der Waals surface area contributed by atoms with Crippen LogP contribution in [0.4, 0.5) is 4.39 Å². The van der Waals surface area contributed by atoms with Crippen LogP contribution in [0.25, 0.3) is 11.0 Å². The van der Waals surface area contributed by atoms with Gasteiger partial charge in [-0.1, -0.05) is 23.5 Å². The largest absolute Gasteiger partial charge is 0.455 e. The Bertz CT molecular complexity index is 1100. The molecule has 1 N–H and O–H groups in total. The van der Waals surface area contributed by atoms with Crippen LogP contribution >= 0.6 is 11.3 Å². The van der Waals surface area contributed by atoms with Crippen LogP contribution in [-0.2, 0) is 6.42 Å². The Morgan fingerprint density at radius 2 is 2.35 bits per heavy atom. The summed E-state index contributed by atoms with van der Waals surface area (Å²) >= 11 is 1.18. The zero-order valence-electron chi connectivity index (χ0n) is 13.3. The van der Waals surface area contributed by atoms with Crippen molar-refractivity contribution in [1.29, 1.82) is 0 Å². The molecule has 1 amide bonds. The van der Waals surface area contributed by atoms with E-state index in [1.807, 2.05) is 0 Å². The molecule has 1 atom stereocenters. The third-order valence-corrected chi connectivity index (χ3v) is 5.19. The Morgan fingerprint density at radius 1 is 1.42 bits per heavy atom. The fraction of sp³-hybridized carbons (Fsp3) is 0.176. The highest BCUT2D eigenvalue weighted by Crippen LogP contribution is 2.37. The Labute approximate surface area is 150 Å². The first-order valence-electron chi connectivity index (χ1n) is 7.99. The summed E-state index contributed by atoms with van der Waals surface area (Å²) in [6.45, 7) is 0.470. The van der Waals surface area contributed by atoms with E-state index < -0.39 is 11.9 Å². The van der Waals surface area contributed by atoms with Gasteiger partial charge in [0.25, 0.3) is 5.91 Å².